The van der Waals surface area contributed by atoms with Crippen LogP contribution in [0.1, 0.15) is 30.6 Å². The summed E-state index contributed by atoms with van der Waals surface area (Å²) in [7, 11) is -1.60. The van der Waals surface area contributed by atoms with Crippen LogP contribution < -0.4 is 16.1 Å². The van der Waals surface area contributed by atoms with Gasteiger partial charge in [-0.2, -0.15) is 5.26 Å². The molecule has 0 spiro atoms. The molecule has 0 aliphatic rings. The van der Waals surface area contributed by atoms with E-state index in [1.165, 1.54) is 24.3 Å². The quantitative estimate of drug-likeness (QED) is 0.385. The highest BCUT2D eigenvalue weighted by Crippen LogP contribution is 2.07. The molecule has 0 aliphatic heterocycles. The average Bonchev–Trinajstić information content (AvgIpc) is 2.51. The van der Waals surface area contributed by atoms with Crippen molar-refractivity contribution in [2.24, 2.45) is 5.92 Å². The summed E-state index contributed by atoms with van der Waals surface area (Å²) in [6, 6.07) is 6.82. The van der Waals surface area contributed by atoms with Crippen molar-refractivity contribution in [2.45, 2.75) is 26.3 Å². The van der Waals surface area contributed by atoms with Gasteiger partial charge in [-0.05, 0) is 29.9 Å². The third kappa shape index (κ3) is 6.10. The van der Waals surface area contributed by atoms with Gasteiger partial charge in [0.15, 0.2) is 0 Å². The number of nitriles is 1. The van der Waals surface area contributed by atoms with Gasteiger partial charge in [-0.25, -0.2) is 0 Å². The highest BCUT2D eigenvalue weighted by Gasteiger charge is 2.22. The molecule has 0 fully saturated rings. The van der Waals surface area contributed by atoms with Crippen molar-refractivity contribution in [3.05, 3.63) is 29.8 Å². The van der Waals surface area contributed by atoms with E-state index in [1.807, 2.05) is 19.9 Å². The zero-order valence-corrected chi connectivity index (χ0v) is 13.1. The van der Waals surface area contributed by atoms with E-state index in [2.05, 4.69) is 10.6 Å². The minimum atomic E-state index is -1.60. The molecule has 1 rings (SSSR count). The summed E-state index contributed by atoms with van der Waals surface area (Å²) in [5.74, 6) is -0.669. The Morgan fingerprint density at radius 1 is 1.26 bits per heavy atom. The van der Waals surface area contributed by atoms with Gasteiger partial charge in [0.1, 0.15) is 12.6 Å². The van der Waals surface area contributed by atoms with Crippen LogP contribution in [0.15, 0.2) is 24.3 Å². The van der Waals surface area contributed by atoms with Crippen LogP contribution in [-0.4, -0.2) is 41.6 Å². The maximum Gasteiger partial charge on any atom is 0.488 e. The molecule has 2 amide bonds. The Hall–Kier alpha value is -2.37. The zero-order valence-electron chi connectivity index (χ0n) is 13.1. The topological polar surface area (TPSA) is 122 Å². The van der Waals surface area contributed by atoms with Gasteiger partial charge in [0.2, 0.25) is 5.91 Å². The monoisotopic (exact) mass is 317 g/mol. The van der Waals surface area contributed by atoms with E-state index >= 15 is 0 Å². The smallest absolute Gasteiger partial charge is 0.423 e. The molecule has 0 saturated heterocycles. The second-order valence-corrected chi connectivity index (χ2v) is 5.53. The SMILES string of the molecule is CC(C)C[C@H](NC(=O)c1ccc(B(O)O)cc1)C(=O)NCC#N. The molecule has 0 radical (unpaired) electrons. The number of carbonyl (C=O) groups excluding carboxylic acids is 2. The van der Waals surface area contributed by atoms with Gasteiger partial charge in [0, 0.05) is 5.56 Å². The second-order valence-electron chi connectivity index (χ2n) is 5.53. The zero-order chi connectivity index (χ0) is 17.4. The van der Waals surface area contributed by atoms with Crippen LogP contribution in [-0.2, 0) is 4.79 Å². The summed E-state index contributed by atoms with van der Waals surface area (Å²) >= 11 is 0. The minimum absolute atomic E-state index is 0.119. The number of hydrogen-bond acceptors (Lipinski definition) is 5. The van der Waals surface area contributed by atoms with Gasteiger partial charge in [0.25, 0.3) is 5.91 Å². The molecule has 8 heteroatoms. The fourth-order valence-electron chi connectivity index (χ4n) is 2.00. The van der Waals surface area contributed by atoms with E-state index in [0.717, 1.165) is 0 Å². The first-order chi connectivity index (χ1) is 10.8. The predicted molar refractivity (Wildman–Crippen MR) is 85.6 cm³/mol. The van der Waals surface area contributed by atoms with Gasteiger partial charge >= 0.3 is 7.12 Å². The molecule has 0 aliphatic carbocycles. The summed E-state index contributed by atoms with van der Waals surface area (Å²) in [5.41, 5.74) is 0.572. The van der Waals surface area contributed by atoms with E-state index in [4.69, 9.17) is 15.3 Å². The summed E-state index contributed by atoms with van der Waals surface area (Å²) < 4.78 is 0. The van der Waals surface area contributed by atoms with Crippen molar-refractivity contribution >= 4 is 24.4 Å². The Morgan fingerprint density at radius 3 is 2.35 bits per heavy atom. The van der Waals surface area contributed by atoms with Crippen molar-refractivity contribution in [1.82, 2.24) is 10.6 Å². The largest absolute Gasteiger partial charge is 0.488 e. The Morgan fingerprint density at radius 2 is 1.87 bits per heavy atom. The highest BCUT2D eigenvalue weighted by molar-refractivity contribution is 6.58. The number of rotatable bonds is 7. The number of nitrogens with one attached hydrogen (secondary N) is 2. The fourth-order valence-corrected chi connectivity index (χ4v) is 2.00. The van der Waals surface area contributed by atoms with E-state index in [-0.39, 0.29) is 17.9 Å². The minimum Gasteiger partial charge on any atom is -0.423 e. The first kappa shape index (κ1) is 18.7. The first-order valence-electron chi connectivity index (χ1n) is 7.26. The molecule has 122 valence electrons. The van der Waals surface area contributed by atoms with Crippen LogP contribution in [0.5, 0.6) is 0 Å². The summed E-state index contributed by atoms with van der Waals surface area (Å²) in [4.78, 5) is 24.2. The summed E-state index contributed by atoms with van der Waals surface area (Å²) in [6.07, 6.45) is 0.441. The third-order valence-electron chi connectivity index (χ3n) is 3.14. The van der Waals surface area contributed by atoms with Crippen LogP contribution in [0.3, 0.4) is 0 Å². The number of nitrogens with zero attached hydrogens (tertiary/aromatic N) is 1. The number of hydrogen-bond donors (Lipinski definition) is 4. The second kappa shape index (κ2) is 8.93. The highest BCUT2D eigenvalue weighted by atomic mass is 16.4. The van der Waals surface area contributed by atoms with Gasteiger partial charge in [-0.15, -0.1) is 0 Å². The van der Waals surface area contributed by atoms with Crippen LogP contribution in [0.2, 0.25) is 0 Å². The average molecular weight is 317 g/mol. The van der Waals surface area contributed by atoms with Crippen molar-refractivity contribution in [3.63, 3.8) is 0 Å². The van der Waals surface area contributed by atoms with Gasteiger partial charge in [0.05, 0.1) is 6.07 Å². The molecule has 23 heavy (non-hydrogen) atoms. The molecule has 0 unspecified atom stereocenters. The summed E-state index contributed by atoms with van der Waals surface area (Å²) in [6.45, 7) is 3.73. The maximum atomic E-state index is 12.2. The first-order valence-corrected chi connectivity index (χ1v) is 7.26. The van der Waals surface area contributed by atoms with Crippen molar-refractivity contribution in [1.29, 1.82) is 5.26 Å². The van der Waals surface area contributed by atoms with Crippen molar-refractivity contribution < 1.29 is 19.6 Å². The molecular formula is C15H20BN3O4. The van der Waals surface area contributed by atoms with E-state index in [0.29, 0.717) is 12.0 Å². The number of carbonyl (C=O) groups is 2. The van der Waals surface area contributed by atoms with Gasteiger partial charge in [-0.1, -0.05) is 26.0 Å². The Labute approximate surface area is 135 Å². The maximum absolute atomic E-state index is 12.2. The molecule has 0 saturated carbocycles. The standard InChI is InChI=1S/C15H20BN3O4/c1-10(2)9-13(15(21)18-8-7-17)19-14(20)11-3-5-12(6-4-11)16(22)23/h3-6,10,13,22-23H,8-9H2,1-2H3,(H,18,21)(H,19,20)/t13-/m0/s1. The number of amides is 2. The molecule has 7 nitrogen and oxygen atoms in total. The Kier molecular flexibility index (Phi) is 7.25. The van der Waals surface area contributed by atoms with Crippen molar-refractivity contribution in [2.75, 3.05) is 6.54 Å². The van der Waals surface area contributed by atoms with Crippen molar-refractivity contribution in [3.8, 4) is 6.07 Å². The molecule has 1 aromatic carbocycles. The van der Waals surface area contributed by atoms with Crippen LogP contribution in [0.25, 0.3) is 0 Å². The summed E-state index contributed by atoms with van der Waals surface area (Å²) in [5, 5.41) is 31.6. The fraction of sp³-hybridized carbons (Fsp3) is 0.400. The molecule has 1 atom stereocenters. The van der Waals surface area contributed by atoms with Crippen LogP contribution in [0, 0.1) is 17.2 Å². The van der Waals surface area contributed by atoms with E-state index in [9.17, 15) is 9.59 Å². The Balaban J connectivity index is 2.79. The van der Waals surface area contributed by atoms with Crippen LogP contribution in [0.4, 0.5) is 0 Å². The lowest BCUT2D eigenvalue weighted by Crippen LogP contribution is -2.47. The van der Waals surface area contributed by atoms with Gasteiger partial charge in [-0.3, -0.25) is 9.59 Å². The lowest BCUT2D eigenvalue weighted by Gasteiger charge is -2.19. The third-order valence-corrected chi connectivity index (χ3v) is 3.14. The molecule has 0 bridgehead atoms. The van der Waals surface area contributed by atoms with E-state index < -0.39 is 25.0 Å². The lowest BCUT2D eigenvalue weighted by molar-refractivity contribution is -0.123. The Bertz CT molecular complexity index is 581. The molecule has 4 N–H and O–H groups in total. The molecule has 0 heterocycles. The molecule has 0 aromatic heterocycles. The number of benzene rings is 1. The normalized spacial score (nSPS) is 11.5. The molecular weight excluding hydrogens is 297 g/mol. The predicted octanol–water partition coefficient (Wildman–Crippen LogP) is -0.849. The van der Waals surface area contributed by atoms with Crippen LogP contribution >= 0.6 is 0 Å². The van der Waals surface area contributed by atoms with E-state index in [1.54, 1.807) is 0 Å². The molecule has 1 aromatic rings. The lowest BCUT2D eigenvalue weighted by atomic mass is 9.80. The van der Waals surface area contributed by atoms with Gasteiger partial charge < -0.3 is 20.7 Å².